The molecule has 1 aromatic carbocycles. The molecule has 1 aliphatic rings. The van der Waals surface area contributed by atoms with Crippen molar-refractivity contribution in [3.05, 3.63) is 51.7 Å². The third-order valence-electron chi connectivity index (χ3n) is 4.03. The van der Waals surface area contributed by atoms with E-state index in [1.54, 1.807) is 7.11 Å². The van der Waals surface area contributed by atoms with Crippen LogP contribution in [-0.4, -0.2) is 13.7 Å². The second kappa shape index (κ2) is 6.42. The summed E-state index contributed by atoms with van der Waals surface area (Å²) in [6, 6.07) is 11.3. The van der Waals surface area contributed by atoms with Crippen LogP contribution in [0.4, 0.5) is 0 Å². The minimum absolute atomic E-state index is 0.480. The minimum atomic E-state index is 0.480. The Morgan fingerprint density at radius 2 is 2.25 bits per heavy atom. The Morgan fingerprint density at radius 1 is 1.30 bits per heavy atom. The van der Waals surface area contributed by atoms with Gasteiger partial charge in [0.05, 0.1) is 7.11 Å². The maximum atomic E-state index is 5.50. The van der Waals surface area contributed by atoms with Crippen molar-refractivity contribution in [2.24, 2.45) is 0 Å². The Labute approximate surface area is 124 Å². The second-order valence-corrected chi connectivity index (χ2v) is 6.29. The van der Waals surface area contributed by atoms with Crippen molar-refractivity contribution in [3.8, 4) is 5.75 Å². The zero-order valence-corrected chi connectivity index (χ0v) is 12.7. The van der Waals surface area contributed by atoms with Crippen LogP contribution < -0.4 is 10.1 Å². The fraction of sp³-hybridized carbons (Fsp3) is 0.412. The Morgan fingerprint density at radius 3 is 3.05 bits per heavy atom. The highest BCUT2D eigenvalue weighted by molar-refractivity contribution is 7.09. The summed E-state index contributed by atoms with van der Waals surface area (Å²) in [6.07, 6.45) is 4.73. The van der Waals surface area contributed by atoms with E-state index in [1.165, 1.54) is 28.8 Å². The number of methoxy groups -OCH3 is 1. The van der Waals surface area contributed by atoms with Crippen LogP contribution in [0.3, 0.4) is 0 Å². The van der Waals surface area contributed by atoms with Gasteiger partial charge >= 0.3 is 0 Å². The summed E-state index contributed by atoms with van der Waals surface area (Å²) in [5.41, 5.74) is 2.83. The highest BCUT2D eigenvalue weighted by Gasteiger charge is 2.21. The van der Waals surface area contributed by atoms with Gasteiger partial charge in [-0.15, -0.1) is 11.3 Å². The van der Waals surface area contributed by atoms with Crippen LogP contribution in [0, 0.1) is 0 Å². The molecule has 1 aromatic heterocycles. The standard InChI is InChI=1S/C17H21NOS/c1-19-17-9-3-6-14-15(17)7-2-8-16(14)18-11-10-13-5-4-12-20-13/h3-6,9,12,16,18H,2,7-8,10-11H2,1H3. The molecule has 0 spiro atoms. The fourth-order valence-electron chi connectivity index (χ4n) is 3.04. The van der Waals surface area contributed by atoms with Crippen LogP contribution in [0.15, 0.2) is 35.7 Å². The van der Waals surface area contributed by atoms with Gasteiger partial charge in [0, 0.05) is 17.5 Å². The zero-order valence-electron chi connectivity index (χ0n) is 11.9. The van der Waals surface area contributed by atoms with Crippen LogP contribution in [0.1, 0.15) is 34.9 Å². The molecule has 1 unspecified atom stereocenters. The molecule has 0 saturated heterocycles. The highest BCUT2D eigenvalue weighted by atomic mass is 32.1. The lowest BCUT2D eigenvalue weighted by Gasteiger charge is -2.27. The Hall–Kier alpha value is -1.32. The molecule has 3 rings (SSSR count). The summed E-state index contributed by atoms with van der Waals surface area (Å²) in [7, 11) is 1.77. The van der Waals surface area contributed by atoms with Gasteiger partial charge in [0.15, 0.2) is 0 Å². The van der Waals surface area contributed by atoms with Gasteiger partial charge in [0.25, 0.3) is 0 Å². The van der Waals surface area contributed by atoms with Crippen molar-refractivity contribution >= 4 is 11.3 Å². The molecule has 1 aliphatic carbocycles. The van der Waals surface area contributed by atoms with Gasteiger partial charge in [-0.2, -0.15) is 0 Å². The van der Waals surface area contributed by atoms with Crippen LogP contribution in [-0.2, 0) is 12.8 Å². The van der Waals surface area contributed by atoms with E-state index in [0.29, 0.717) is 6.04 Å². The number of fused-ring (bicyclic) bond motifs is 1. The molecule has 0 saturated carbocycles. The molecule has 0 aliphatic heterocycles. The van der Waals surface area contributed by atoms with Crippen LogP contribution in [0.25, 0.3) is 0 Å². The number of ether oxygens (including phenoxy) is 1. The van der Waals surface area contributed by atoms with Gasteiger partial charge in [-0.3, -0.25) is 0 Å². The normalized spacial score (nSPS) is 17.8. The summed E-state index contributed by atoms with van der Waals surface area (Å²) in [4.78, 5) is 1.46. The summed E-state index contributed by atoms with van der Waals surface area (Å²) in [5, 5.41) is 5.87. The zero-order chi connectivity index (χ0) is 13.8. The first kappa shape index (κ1) is 13.7. The van der Waals surface area contributed by atoms with E-state index in [2.05, 4.69) is 41.0 Å². The first-order chi connectivity index (χ1) is 9.88. The van der Waals surface area contributed by atoms with Gasteiger partial charge in [-0.05, 0) is 54.3 Å². The third-order valence-corrected chi connectivity index (χ3v) is 4.96. The number of thiophene rings is 1. The molecule has 3 heteroatoms. The minimum Gasteiger partial charge on any atom is -0.496 e. The van der Waals surface area contributed by atoms with E-state index >= 15 is 0 Å². The van der Waals surface area contributed by atoms with E-state index in [1.807, 2.05) is 11.3 Å². The molecule has 0 amide bonds. The quantitative estimate of drug-likeness (QED) is 0.898. The van der Waals surface area contributed by atoms with E-state index < -0.39 is 0 Å². The summed E-state index contributed by atoms with van der Waals surface area (Å²) in [6.45, 7) is 1.04. The highest BCUT2D eigenvalue weighted by Crippen LogP contribution is 2.35. The average Bonchev–Trinajstić information content (AvgIpc) is 3.00. The fourth-order valence-corrected chi connectivity index (χ4v) is 3.75. The Balaban J connectivity index is 1.67. The van der Waals surface area contributed by atoms with Gasteiger partial charge in [-0.1, -0.05) is 18.2 Å². The molecule has 0 bridgehead atoms. The van der Waals surface area contributed by atoms with Gasteiger partial charge in [0.2, 0.25) is 0 Å². The lowest BCUT2D eigenvalue weighted by Crippen LogP contribution is -2.27. The molecule has 2 aromatic rings. The Bertz CT molecular complexity index is 550. The maximum Gasteiger partial charge on any atom is 0.122 e. The summed E-state index contributed by atoms with van der Waals surface area (Å²) < 4.78 is 5.50. The van der Waals surface area contributed by atoms with Crippen LogP contribution in [0.2, 0.25) is 0 Å². The van der Waals surface area contributed by atoms with Crippen molar-refractivity contribution in [2.45, 2.75) is 31.7 Å². The predicted molar refractivity (Wildman–Crippen MR) is 84.7 cm³/mol. The number of rotatable bonds is 5. The number of nitrogens with one attached hydrogen (secondary N) is 1. The monoisotopic (exact) mass is 287 g/mol. The first-order valence-corrected chi connectivity index (χ1v) is 8.18. The first-order valence-electron chi connectivity index (χ1n) is 7.30. The number of hydrogen-bond donors (Lipinski definition) is 1. The molecular weight excluding hydrogens is 266 g/mol. The van der Waals surface area contributed by atoms with Crippen molar-refractivity contribution in [1.82, 2.24) is 5.32 Å². The molecule has 0 radical (unpaired) electrons. The topological polar surface area (TPSA) is 21.3 Å². The molecule has 1 heterocycles. The summed E-state index contributed by atoms with van der Waals surface area (Å²) in [5.74, 6) is 1.05. The van der Waals surface area contributed by atoms with E-state index in [-0.39, 0.29) is 0 Å². The SMILES string of the molecule is COc1cccc2c1CCCC2NCCc1cccs1. The predicted octanol–water partition coefficient (Wildman–Crippen LogP) is 3.97. The largest absolute Gasteiger partial charge is 0.496 e. The molecule has 1 atom stereocenters. The van der Waals surface area contributed by atoms with E-state index in [0.717, 1.165) is 25.1 Å². The maximum absolute atomic E-state index is 5.50. The van der Waals surface area contributed by atoms with E-state index in [4.69, 9.17) is 4.74 Å². The lowest BCUT2D eigenvalue weighted by atomic mass is 9.87. The number of hydrogen-bond acceptors (Lipinski definition) is 3. The molecule has 20 heavy (non-hydrogen) atoms. The molecule has 0 fully saturated rings. The molecular formula is C17H21NOS. The Kier molecular flexibility index (Phi) is 4.38. The van der Waals surface area contributed by atoms with Crippen molar-refractivity contribution in [2.75, 3.05) is 13.7 Å². The van der Waals surface area contributed by atoms with Crippen LogP contribution in [0.5, 0.6) is 5.75 Å². The average molecular weight is 287 g/mol. The van der Waals surface area contributed by atoms with Crippen molar-refractivity contribution < 1.29 is 4.74 Å². The van der Waals surface area contributed by atoms with Crippen molar-refractivity contribution in [3.63, 3.8) is 0 Å². The van der Waals surface area contributed by atoms with Crippen LogP contribution >= 0.6 is 11.3 Å². The summed E-state index contributed by atoms with van der Waals surface area (Å²) >= 11 is 1.84. The number of benzene rings is 1. The smallest absolute Gasteiger partial charge is 0.122 e. The molecule has 106 valence electrons. The molecule has 1 N–H and O–H groups in total. The van der Waals surface area contributed by atoms with Gasteiger partial charge in [0.1, 0.15) is 5.75 Å². The molecule has 2 nitrogen and oxygen atoms in total. The third kappa shape index (κ3) is 2.89. The van der Waals surface area contributed by atoms with Crippen molar-refractivity contribution in [1.29, 1.82) is 0 Å². The van der Waals surface area contributed by atoms with Gasteiger partial charge < -0.3 is 10.1 Å². The lowest BCUT2D eigenvalue weighted by molar-refractivity contribution is 0.396. The van der Waals surface area contributed by atoms with Gasteiger partial charge in [-0.25, -0.2) is 0 Å². The second-order valence-electron chi connectivity index (χ2n) is 5.26. The van der Waals surface area contributed by atoms with E-state index in [9.17, 15) is 0 Å².